The number of fused-ring (bicyclic) bond motifs is 4. The van der Waals surface area contributed by atoms with Gasteiger partial charge in [-0.25, -0.2) is 0 Å². The fourth-order valence-corrected chi connectivity index (χ4v) is 7.04. The molecule has 0 spiro atoms. The molecule has 0 aliphatic heterocycles. The van der Waals surface area contributed by atoms with Gasteiger partial charge in [-0.15, -0.1) is 22.7 Å². The predicted octanol–water partition coefficient (Wildman–Crippen LogP) is 8.40. The highest BCUT2D eigenvalue weighted by Gasteiger charge is 2.33. The molecule has 0 amide bonds. The van der Waals surface area contributed by atoms with Crippen molar-refractivity contribution in [1.82, 2.24) is 0 Å². The van der Waals surface area contributed by atoms with E-state index in [-0.39, 0.29) is 17.1 Å². The van der Waals surface area contributed by atoms with Crippen molar-refractivity contribution in [3.8, 4) is 10.4 Å². The summed E-state index contributed by atoms with van der Waals surface area (Å²) in [4.78, 5) is 28.3. The lowest BCUT2D eigenvalue weighted by Gasteiger charge is -2.01. The monoisotopic (exact) mass is 472 g/mol. The third-order valence-electron chi connectivity index (χ3n) is 6.41. The Morgan fingerprint density at radius 2 is 1.15 bits per heavy atom. The number of hydrogen-bond donors (Lipinski definition) is 0. The first kappa shape index (κ1) is 19.6. The van der Waals surface area contributed by atoms with Crippen LogP contribution in [0.15, 0.2) is 96.6 Å². The number of benzene rings is 4. The number of Topliss-reactive ketones (excluding diaryl/α,β-unsaturated/α-hetero) is 2. The number of carbonyl (C=O) groups excluding carboxylic acids is 2. The Hall–Kier alpha value is -3.86. The van der Waals surface area contributed by atoms with Crippen molar-refractivity contribution in [1.29, 1.82) is 0 Å². The van der Waals surface area contributed by atoms with Crippen molar-refractivity contribution >= 4 is 71.3 Å². The van der Waals surface area contributed by atoms with Gasteiger partial charge in [-0.05, 0) is 63.5 Å². The molecule has 0 saturated heterocycles. The SMILES string of the molecule is O=C1C(=Cc2cc3sc(-c4ccc5ccccc5c4)cc3s2)C(=O)c2cc3ccccc3cc21. The maximum atomic E-state index is 13.1. The van der Waals surface area contributed by atoms with Crippen LogP contribution in [0.25, 0.3) is 47.5 Å². The maximum absolute atomic E-state index is 13.1. The Morgan fingerprint density at radius 1 is 0.559 bits per heavy atom. The average Bonchev–Trinajstić information content (AvgIpc) is 3.50. The molecule has 0 N–H and O–H groups in total. The topological polar surface area (TPSA) is 34.1 Å². The summed E-state index contributed by atoms with van der Waals surface area (Å²) in [6.45, 7) is 0. The van der Waals surface area contributed by atoms with Crippen molar-refractivity contribution in [2.45, 2.75) is 0 Å². The molecule has 1 aliphatic rings. The second-order valence-corrected chi connectivity index (χ2v) is 10.7. The van der Waals surface area contributed by atoms with E-state index in [1.165, 1.54) is 30.6 Å². The van der Waals surface area contributed by atoms with Crippen LogP contribution in [-0.4, -0.2) is 11.6 Å². The third kappa shape index (κ3) is 3.00. The normalized spacial score (nSPS) is 13.4. The number of ketones is 2. The summed E-state index contributed by atoms with van der Waals surface area (Å²) in [6, 6.07) is 30.7. The summed E-state index contributed by atoms with van der Waals surface area (Å²) >= 11 is 3.36. The van der Waals surface area contributed by atoms with E-state index >= 15 is 0 Å². The van der Waals surface area contributed by atoms with E-state index in [0.717, 1.165) is 15.6 Å². The fraction of sp³-hybridized carbons (Fsp3) is 0. The van der Waals surface area contributed by atoms with E-state index in [1.54, 1.807) is 28.7 Å². The highest BCUT2D eigenvalue weighted by Crippen LogP contribution is 2.40. The van der Waals surface area contributed by atoms with Gasteiger partial charge >= 0.3 is 0 Å². The molecule has 0 radical (unpaired) electrons. The summed E-state index contributed by atoms with van der Waals surface area (Å²) < 4.78 is 2.34. The number of allylic oxidation sites excluding steroid dienone is 1. The van der Waals surface area contributed by atoms with Crippen LogP contribution >= 0.6 is 22.7 Å². The van der Waals surface area contributed by atoms with Crippen LogP contribution < -0.4 is 0 Å². The second kappa shape index (κ2) is 7.32. The molecule has 1 aliphatic carbocycles. The van der Waals surface area contributed by atoms with Crippen LogP contribution in [0.5, 0.6) is 0 Å². The Balaban J connectivity index is 1.25. The molecule has 0 atom stereocenters. The Labute approximate surface area is 203 Å². The zero-order valence-corrected chi connectivity index (χ0v) is 19.5. The van der Waals surface area contributed by atoms with E-state index in [2.05, 4.69) is 54.6 Å². The van der Waals surface area contributed by atoms with Crippen LogP contribution in [0.3, 0.4) is 0 Å². The molecule has 0 unspecified atom stereocenters. The van der Waals surface area contributed by atoms with Gasteiger partial charge in [0.25, 0.3) is 0 Å². The first-order valence-corrected chi connectivity index (χ1v) is 12.6. The smallest absolute Gasteiger partial charge is 0.197 e. The van der Waals surface area contributed by atoms with Crippen LogP contribution in [-0.2, 0) is 0 Å². The van der Waals surface area contributed by atoms with Gasteiger partial charge in [-0.3, -0.25) is 9.59 Å². The lowest BCUT2D eigenvalue weighted by atomic mass is 10.0. The lowest BCUT2D eigenvalue weighted by Crippen LogP contribution is -1.99. The molecule has 0 saturated carbocycles. The number of thiophene rings is 2. The minimum atomic E-state index is -0.181. The summed E-state index contributed by atoms with van der Waals surface area (Å²) in [5, 5.41) is 4.41. The molecule has 34 heavy (non-hydrogen) atoms. The van der Waals surface area contributed by atoms with Gasteiger partial charge < -0.3 is 0 Å². The summed E-state index contributed by atoms with van der Waals surface area (Å²) in [6.07, 6.45) is 1.77. The zero-order valence-electron chi connectivity index (χ0n) is 17.9. The Kier molecular flexibility index (Phi) is 4.22. The summed E-state index contributed by atoms with van der Waals surface area (Å²) in [5.74, 6) is -0.362. The molecule has 0 bridgehead atoms. The molecule has 4 heteroatoms. The van der Waals surface area contributed by atoms with E-state index in [4.69, 9.17) is 0 Å². The molecular weight excluding hydrogens is 456 g/mol. The van der Waals surface area contributed by atoms with Crippen LogP contribution in [0, 0.1) is 0 Å². The van der Waals surface area contributed by atoms with E-state index < -0.39 is 0 Å². The molecule has 0 fully saturated rings. The van der Waals surface area contributed by atoms with E-state index in [0.29, 0.717) is 11.1 Å². The average molecular weight is 473 g/mol. The summed E-state index contributed by atoms with van der Waals surface area (Å²) in [5.41, 5.74) is 2.48. The van der Waals surface area contributed by atoms with Gasteiger partial charge in [0.2, 0.25) is 0 Å². The quantitative estimate of drug-likeness (QED) is 0.187. The minimum Gasteiger partial charge on any atom is -0.288 e. The van der Waals surface area contributed by atoms with Crippen molar-refractivity contribution < 1.29 is 9.59 Å². The first-order chi connectivity index (χ1) is 16.6. The van der Waals surface area contributed by atoms with Crippen molar-refractivity contribution in [2.75, 3.05) is 0 Å². The minimum absolute atomic E-state index is 0.181. The first-order valence-electron chi connectivity index (χ1n) is 11.0. The number of rotatable bonds is 2. The highest BCUT2D eigenvalue weighted by atomic mass is 32.1. The standard InChI is InChI=1S/C30H16O2S2/c31-29-23-12-19-7-3-4-8-20(19)13-24(23)30(32)25(29)14-22-15-27-28(33-22)16-26(34-27)21-10-9-17-5-1-2-6-18(17)11-21/h1-16H. The van der Waals surface area contributed by atoms with Crippen LogP contribution in [0.4, 0.5) is 0 Å². The van der Waals surface area contributed by atoms with Crippen LogP contribution in [0.2, 0.25) is 0 Å². The summed E-state index contributed by atoms with van der Waals surface area (Å²) in [7, 11) is 0. The molecule has 2 nitrogen and oxygen atoms in total. The second-order valence-electron chi connectivity index (χ2n) is 8.51. The molecule has 2 heterocycles. The van der Waals surface area contributed by atoms with Crippen LogP contribution in [0.1, 0.15) is 25.6 Å². The van der Waals surface area contributed by atoms with Gasteiger partial charge in [0.1, 0.15) is 0 Å². The van der Waals surface area contributed by atoms with Gasteiger partial charge in [0.15, 0.2) is 11.6 Å². The van der Waals surface area contributed by atoms with Gasteiger partial charge in [-0.2, -0.15) is 0 Å². The predicted molar refractivity (Wildman–Crippen MR) is 143 cm³/mol. The molecular formula is C30H16O2S2. The Bertz CT molecular complexity index is 1760. The maximum Gasteiger partial charge on any atom is 0.197 e. The molecule has 6 aromatic rings. The van der Waals surface area contributed by atoms with E-state index in [1.807, 2.05) is 36.4 Å². The Morgan fingerprint density at radius 3 is 1.79 bits per heavy atom. The molecule has 4 aromatic carbocycles. The molecule has 2 aromatic heterocycles. The van der Waals surface area contributed by atoms with Crippen molar-refractivity contribution in [2.24, 2.45) is 0 Å². The number of carbonyl (C=O) groups is 2. The number of hydrogen-bond acceptors (Lipinski definition) is 4. The van der Waals surface area contributed by atoms with Crippen molar-refractivity contribution in [3.63, 3.8) is 0 Å². The largest absolute Gasteiger partial charge is 0.288 e. The third-order valence-corrected chi connectivity index (χ3v) is 8.70. The molecule has 160 valence electrons. The van der Waals surface area contributed by atoms with Crippen molar-refractivity contribution in [3.05, 3.63) is 113 Å². The fourth-order valence-electron chi connectivity index (χ4n) is 4.69. The molecule has 7 rings (SSSR count). The van der Waals surface area contributed by atoms with Gasteiger partial charge in [0.05, 0.1) is 5.57 Å². The van der Waals surface area contributed by atoms with Gasteiger partial charge in [0, 0.05) is 30.3 Å². The van der Waals surface area contributed by atoms with E-state index in [9.17, 15) is 9.59 Å². The zero-order chi connectivity index (χ0) is 22.8. The lowest BCUT2D eigenvalue weighted by molar-refractivity contribution is 0.0990. The highest BCUT2D eigenvalue weighted by molar-refractivity contribution is 7.29. The van der Waals surface area contributed by atoms with Gasteiger partial charge in [-0.1, -0.05) is 60.7 Å².